The van der Waals surface area contributed by atoms with E-state index in [1.807, 2.05) is 17.5 Å². The Hall–Kier alpha value is -1.82. The number of hydrogen-bond donors (Lipinski definition) is 3. The van der Waals surface area contributed by atoms with Crippen molar-refractivity contribution in [1.29, 1.82) is 0 Å². The molecule has 0 radical (unpaired) electrons. The Morgan fingerprint density at radius 2 is 2.43 bits per heavy atom. The first kappa shape index (κ1) is 8.76. The second-order valence-corrected chi connectivity index (χ2v) is 3.59. The van der Waals surface area contributed by atoms with Crippen molar-refractivity contribution in [3.8, 4) is 10.6 Å². The molecule has 0 bridgehead atoms. The summed E-state index contributed by atoms with van der Waals surface area (Å²) in [6.45, 7) is 0. The zero-order valence-corrected chi connectivity index (χ0v) is 7.84. The topological polar surface area (TPSA) is 92.0 Å². The van der Waals surface area contributed by atoms with Crippen LogP contribution in [-0.2, 0) is 0 Å². The van der Waals surface area contributed by atoms with Gasteiger partial charge in [0.2, 0.25) is 0 Å². The fraction of sp³-hybridized carbons (Fsp3) is 0. The first-order valence-corrected chi connectivity index (χ1v) is 4.69. The molecule has 0 saturated heterocycles. The highest BCUT2D eigenvalue weighted by molar-refractivity contribution is 7.13. The van der Waals surface area contributed by atoms with Crippen LogP contribution in [0.1, 0.15) is 10.4 Å². The lowest BCUT2D eigenvalue weighted by molar-refractivity contribution is 0.0699. The lowest BCUT2D eigenvalue weighted by atomic mass is 10.2. The van der Waals surface area contributed by atoms with Crippen molar-refractivity contribution >= 4 is 23.1 Å². The SMILES string of the molecule is Nc1n[nH]c(-c2cccs2)c1C(=O)O. The van der Waals surface area contributed by atoms with Gasteiger partial charge in [0.15, 0.2) is 5.82 Å². The van der Waals surface area contributed by atoms with Crippen molar-refractivity contribution < 1.29 is 9.90 Å². The summed E-state index contributed by atoms with van der Waals surface area (Å²) in [5.74, 6) is -1.06. The van der Waals surface area contributed by atoms with Crippen molar-refractivity contribution in [3.63, 3.8) is 0 Å². The van der Waals surface area contributed by atoms with Crippen LogP contribution in [0.15, 0.2) is 17.5 Å². The number of rotatable bonds is 2. The summed E-state index contributed by atoms with van der Waals surface area (Å²) >= 11 is 1.43. The molecule has 2 aromatic rings. The standard InChI is InChI=1S/C8H7N3O2S/c9-7-5(8(12)13)6(10-11-7)4-2-1-3-14-4/h1-3H,(H,12,13)(H3,9,10,11). The van der Waals surface area contributed by atoms with Crippen LogP contribution in [0.5, 0.6) is 0 Å². The molecule has 0 spiro atoms. The molecule has 2 aromatic heterocycles. The Morgan fingerprint density at radius 1 is 1.64 bits per heavy atom. The maximum Gasteiger partial charge on any atom is 0.341 e. The maximum absolute atomic E-state index is 10.9. The van der Waals surface area contributed by atoms with E-state index < -0.39 is 5.97 Å². The van der Waals surface area contributed by atoms with Gasteiger partial charge in [0.1, 0.15) is 5.56 Å². The first-order valence-electron chi connectivity index (χ1n) is 3.81. The lowest BCUT2D eigenvalue weighted by Crippen LogP contribution is -2.01. The molecular formula is C8H7N3O2S. The van der Waals surface area contributed by atoms with Gasteiger partial charge in [-0.2, -0.15) is 5.10 Å². The number of aromatic amines is 1. The minimum atomic E-state index is -1.07. The number of anilines is 1. The normalized spacial score (nSPS) is 10.3. The maximum atomic E-state index is 10.9. The summed E-state index contributed by atoms with van der Waals surface area (Å²) < 4.78 is 0. The molecule has 72 valence electrons. The van der Waals surface area contributed by atoms with Crippen LogP contribution in [0.4, 0.5) is 5.82 Å². The molecule has 4 N–H and O–H groups in total. The highest BCUT2D eigenvalue weighted by Gasteiger charge is 2.19. The van der Waals surface area contributed by atoms with Gasteiger partial charge >= 0.3 is 5.97 Å². The Labute approximate surface area is 83.2 Å². The molecule has 0 unspecified atom stereocenters. The third-order valence-electron chi connectivity index (χ3n) is 1.78. The van der Waals surface area contributed by atoms with Gasteiger partial charge < -0.3 is 10.8 Å². The van der Waals surface area contributed by atoms with Crippen molar-refractivity contribution in [2.24, 2.45) is 0 Å². The number of nitrogens with one attached hydrogen (secondary N) is 1. The number of carbonyl (C=O) groups is 1. The highest BCUT2D eigenvalue weighted by atomic mass is 32.1. The first-order chi connectivity index (χ1) is 6.70. The summed E-state index contributed by atoms with van der Waals surface area (Å²) in [6.07, 6.45) is 0. The molecule has 14 heavy (non-hydrogen) atoms. The van der Waals surface area contributed by atoms with E-state index in [2.05, 4.69) is 10.2 Å². The zero-order valence-electron chi connectivity index (χ0n) is 7.02. The van der Waals surface area contributed by atoms with Crippen LogP contribution in [0, 0.1) is 0 Å². The number of H-pyrrole nitrogens is 1. The molecule has 5 nitrogen and oxygen atoms in total. The molecule has 2 heterocycles. The minimum absolute atomic E-state index is 0.0147. The van der Waals surface area contributed by atoms with Crippen molar-refractivity contribution in [1.82, 2.24) is 10.2 Å². The number of thiophene rings is 1. The molecule has 0 aliphatic rings. The third-order valence-corrected chi connectivity index (χ3v) is 2.66. The number of hydrogen-bond acceptors (Lipinski definition) is 4. The molecule has 0 aromatic carbocycles. The molecule has 0 fully saturated rings. The van der Waals surface area contributed by atoms with Gasteiger partial charge in [0.05, 0.1) is 10.6 Å². The molecule has 0 saturated carbocycles. The van der Waals surface area contributed by atoms with Gasteiger partial charge in [0.25, 0.3) is 0 Å². The number of aromatic nitrogens is 2. The van der Waals surface area contributed by atoms with Crippen molar-refractivity contribution in [2.75, 3.05) is 5.73 Å². The van der Waals surface area contributed by atoms with Crippen LogP contribution in [0.3, 0.4) is 0 Å². The van der Waals surface area contributed by atoms with E-state index in [9.17, 15) is 4.79 Å². The van der Waals surface area contributed by atoms with E-state index in [1.165, 1.54) is 11.3 Å². The van der Waals surface area contributed by atoms with Crippen LogP contribution >= 0.6 is 11.3 Å². The largest absolute Gasteiger partial charge is 0.477 e. The predicted molar refractivity (Wildman–Crippen MR) is 53.3 cm³/mol. The van der Waals surface area contributed by atoms with Gasteiger partial charge in [0, 0.05) is 0 Å². The van der Waals surface area contributed by atoms with Crippen molar-refractivity contribution in [3.05, 3.63) is 23.1 Å². The second kappa shape index (κ2) is 3.15. The summed E-state index contributed by atoms with van der Waals surface area (Å²) in [5.41, 5.74) is 5.93. The number of nitrogens with two attached hydrogens (primary N) is 1. The molecular weight excluding hydrogens is 202 g/mol. The Morgan fingerprint density at radius 3 is 3.00 bits per heavy atom. The molecule has 0 amide bonds. The van der Waals surface area contributed by atoms with E-state index in [0.717, 1.165) is 4.88 Å². The predicted octanol–water partition coefficient (Wildman–Crippen LogP) is 1.42. The minimum Gasteiger partial charge on any atom is -0.477 e. The van der Waals surface area contributed by atoms with Crippen molar-refractivity contribution in [2.45, 2.75) is 0 Å². The molecule has 2 rings (SSSR count). The van der Waals surface area contributed by atoms with E-state index in [0.29, 0.717) is 5.69 Å². The fourth-order valence-corrected chi connectivity index (χ4v) is 1.90. The van der Waals surface area contributed by atoms with Crippen LogP contribution in [0.25, 0.3) is 10.6 Å². The molecule has 0 aliphatic carbocycles. The van der Waals surface area contributed by atoms with Gasteiger partial charge in [-0.15, -0.1) is 11.3 Å². The lowest BCUT2D eigenvalue weighted by Gasteiger charge is -1.94. The average molecular weight is 209 g/mol. The number of nitrogens with zero attached hydrogens (tertiary/aromatic N) is 1. The Kier molecular flexibility index (Phi) is 1.97. The second-order valence-electron chi connectivity index (χ2n) is 2.64. The Bertz CT molecular complexity index is 461. The van der Waals surface area contributed by atoms with E-state index >= 15 is 0 Å². The monoisotopic (exact) mass is 209 g/mol. The summed E-state index contributed by atoms with van der Waals surface area (Å²) in [6, 6.07) is 3.65. The smallest absolute Gasteiger partial charge is 0.341 e. The number of carboxylic acid groups (broad SMARTS) is 1. The van der Waals surface area contributed by atoms with Crippen LogP contribution in [0.2, 0.25) is 0 Å². The average Bonchev–Trinajstić information content (AvgIpc) is 2.70. The van der Waals surface area contributed by atoms with E-state index in [-0.39, 0.29) is 11.4 Å². The molecule has 0 aliphatic heterocycles. The van der Waals surface area contributed by atoms with Gasteiger partial charge in [-0.3, -0.25) is 5.10 Å². The van der Waals surface area contributed by atoms with E-state index in [4.69, 9.17) is 10.8 Å². The number of nitrogen functional groups attached to an aromatic ring is 1. The Balaban J connectivity index is 2.60. The van der Waals surface area contributed by atoms with Crippen LogP contribution < -0.4 is 5.73 Å². The fourth-order valence-electron chi connectivity index (χ4n) is 1.17. The summed E-state index contributed by atoms with van der Waals surface area (Å²) in [7, 11) is 0. The zero-order chi connectivity index (χ0) is 10.1. The van der Waals surface area contributed by atoms with Gasteiger partial charge in [-0.25, -0.2) is 4.79 Å². The summed E-state index contributed by atoms with van der Waals surface area (Å²) in [5, 5.41) is 17.0. The van der Waals surface area contributed by atoms with Crippen LogP contribution in [-0.4, -0.2) is 21.3 Å². The van der Waals surface area contributed by atoms with Gasteiger partial charge in [-0.05, 0) is 11.4 Å². The molecule has 6 heteroatoms. The number of carboxylic acids is 1. The quantitative estimate of drug-likeness (QED) is 0.697. The number of aromatic carboxylic acids is 1. The van der Waals surface area contributed by atoms with Gasteiger partial charge in [-0.1, -0.05) is 6.07 Å². The third kappa shape index (κ3) is 1.25. The highest BCUT2D eigenvalue weighted by Crippen LogP contribution is 2.28. The van der Waals surface area contributed by atoms with E-state index in [1.54, 1.807) is 0 Å². The summed E-state index contributed by atoms with van der Waals surface area (Å²) in [4.78, 5) is 11.7. The molecule has 0 atom stereocenters.